The summed E-state index contributed by atoms with van der Waals surface area (Å²) in [5, 5.41) is 3.89. The average molecular weight is 362 g/mol. The molecule has 0 aromatic carbocycles. The second kappa shape index (κ2) is 8.66. The molecule has 0 saturated carbocycles. The van der Waals surface area contributed by atoms with Gasteiger partial charge >= 0.3 is 5.97 Å². The van der Waals surface area contributed by atoms with Crippen LogP contribution in [-0.2, 0) is 25.7 Å². The van der Waals surface area contributed by atoms with Crippen LogP contribution in [0.1, 0.15) is 25.5 Å². The van der Waals surface area contributed by atoms with Gasteiger partial charge in [-0.25, -0.2) is 0 Å². The maximum atomic E-state index is 12.3. The number of hydrogen-bond acceptors (Lipinski definition) is 7. The fourth-order valence-electron chi connectivity index (χ4n) is 2.91. The number of amides is 1. The van der Waals surface area contributed by atoms with Gasteiger partial charge in [-0.3, -0.25) is 9.59 Å². The van der Waals surface area contributed by atoms with E-state index in [2.05, 4.69) is 5.16 Å². The third kappa shape index (κ3) is 4.51. The number of furan rings is 1. The Morgan fingerprint density at radius 1 is 1.38 bits per heavy atom. The summed E-state index contributed by atoms with van der Waals surface area (Å²) in [6, 6.07) is 5.24. The zero-order valence-electron chi connectivity index (χ0n) is 14.7. The molecule has 0 N–H and O–H groups in total. The van der Waals surface area contributed by atoms with E-state index in [1.807, 2.05) is 0 Å². The lowest BCUT2D eigenvalue weighted by Gasteiger charge is -2.31. The van der Waals surface area contributed by atoms with Crippen LogP contribution in [0, 0.1) is 5.92 Å². The van der Waals surface area contributed by atoms with E-state index in [1.165, 1.54) is 0 Å². The van der Waals surface area contributed by atoms with Gasteiger partial charge in [0, 0.05) is 19.2 Å². The Bertz CT molecular complexity index is 724. The molecule has 1 atom stereocenters. The highest BCUT2D eigenvalue weighted by atomic mass is 16.5. The lowest BCUT2D eigenvalue weighted by atomic mass is 9.98. The number of hydrogen-bond donors (Lipinski definition) is 0. The largest absolute Gasteiger partial charge is 0.466 e. The number of nitrogens with zero attached hydrogens (tertiary/aromatic N) is 2. The molecule has 2 aromatic heterocycles. The molecule has 8 nitrogen and oxygen atoms in total. The Kier molecular flexibility index (Phi) is 6.06. The van der Waals surface area contributed by atoms with Crippen molar-refractivity contribution in [3.63, 3.8) is 0 Å². The van der Waals surface area contributed by atoms with Gasteiger partial charge in [0.25, 0.3) is 0 Å². The van der Waals surface area contributed by atoms with Gasteiger partial charge < -0.3 is 23.3 Å². The fraction of sp³-hybridized carbons (Fsp3) is 0.500. The van der Waals surface area contributed by atoms with Crippen LogP contribution in [0.5, 0.6) is 0 Å². The van der Waals surface area contributed by atoms with Crippen LogP contribution in [0.15, 0.2) is 33.4 Å². The van der Waals surface area contributed by atoms with Crippen LogP contribution in [0.4, 0.5) is 0 Å². The van der Waals surface area contributed by atoms with E-state index < -0.39 is 0 Å². The van der Waals surface area contributed by atoms with Crippen LogP contribution >= 0.6 is 0 Å². The number of carbonyl (C=O) groups excluding carboxylic acids is 2. The van der Waals surface area contributed by atoms with Crippen molar-refractivity contribution < 1.29 is 28.0 Å². The molecular weight excluding hydrogens is 340 g/mol. The van der Waals surface area contributed by atoms with Crippen LogP contribution in [0.3, 0.4) is 0 Å². The molecule has 2 aromatic rings. The summed E-state index contributed by atoms with van der Waals surface area (Å²) in [6.45, 7) is 3.23. The third-order valence-corrected chi connectivity index (χ3v) is 4.19. The SMILES string of the molecule is CCOC(=O)[C@@H]1CCCN(C(=O)COCc2cc(-c3ccco3)on2)C1. The minimum absolute atomic E-state index is 0.0709. The van der Waals surface area contributed by atoms with E-state index in [-0.39, 0.29) is 31.0 Å². The van der Waals surface area contributed by atoms with Gasteiger partial charge in [-0.05, 0) is 31.9 Å². The highest BCUT2D eigenvalue weighted by molar-refractivity contribution is 5.79. The molecule has 8 heteroatoms. The quantitative estimate of drug-likeness (QED) is 0.697. The van der Waals surface area contributed by atoms with Crippen molar-refractivity contribution in [1.29, 1.82) is 0 Å². The Labute approximate surface area is 151 Å². The first-order valence-corrected chi connectivity index (χ1v) is 8.69. The Morgan fingerprint density at radius 3 is 3.04 bits per heavy atom. The first kappa shape index (κ1) is 18.2. The van der Waals surface area contributed by atoms with Crippen LogP contribution in [-0.4, -0.2) is 48.2 Å². The number of ether oxygens (including phenoxy) is 2. The Morgan fingerprint density at radius 2 is 2.27 bits per heavy atom. The zero-order chi connectivity index (χ0) is 18.4. The summed E-state index contributed by atoms with van der Waals surface area (Å²) >= 11 is 0. The van der Waals surface area contributed by atoms with E-state index in [1.54, 1.807) is 36.3 Å². The first-order chi connectivity index (χ1) is 12.7. The summed E-state index contributed by atoms with van der Waals surface area (Å²) < 4.78 is 20.9. The number of carbonyl (C=O) groups is 2. The minimum Gasteiger partial charge on any atom is -0.466 e. The molecule has 26 heavy (non-hydrogen) atoms. The van der Waals surface area contributed by atoms with E-state index in [0.29, 0.717) is 36.9 Å². The van der Waals surface area contributed by atoms with Crippen molar-refractivity contribution in [2.24, 2.45) is 5.92 Å². The van der Waals surface area contributed by atoms with Crippen LogP contribution in [0.2, 0.25) is 0 Å². The molecule has 0 bridgehead atoms. The van der Waals surface area contributed by atoms with Gasteiger partial charge in [0.15, 0.2) is 5.76 Å². The number of aromatic nitrogens is 1. The minimum atomic E-state index is -0.251. The van der Waals surface area contributed by atoms with Crippen molar-refractivity contribution in [2.45, 2.75) is 26.4 Å². The Hall–Kier alpha value is -2.61. The summed E-state index contributed by atoms with van der Waals surface area (Å²) in [5.41, 5.74) is 0.576. The van der Waals surface area contributed by atoms with Crippen LogP contribution in [0.25, 0.3) is 11.5 Å². The molecule has 140 valence electrons. The number of piperidine rings is 1. The second-order valence-corrected chi connectivity index (χ2v) is 6.08. The molecule has 3 heterocycles. The van der Waals surface area contributed by atoms with Crippen molar-refractivity contribution >= 4 is 11.9 Å². The molecule has 1 aliphatic heterocycles. The molecular formula is C18H22N2O6. The molecule has 0 radical (unpaired) electrons. The normalized spacial score (nSPS) is 17.3. The lowest BCUT2D eigenvalue weighted by Crippen LogP contribution is -2.44. The molecule has 0 unspecified atom stereocenters. The molecule has 0 aliphatic carbocycles. The standard InChI is InChI=1S/C18H22N2O6/c1-2-24-18(22)13-5-3-7-20(10-13)17(21)12-23-11-14-9-16(26-19-14)15-6-4-8-25-15/h4,6,8-9,13H,2-3,5,7,10-12H2,1H3/t13-/m1/s1. The maximum absolute atomic E-state index is 12.3. The second-order valence-electron chi connectivity index (χ2n) is 6.08. The van der Waals surface area contributed by atoms with E-state index in [9.17, 15) is 9.59 Å². The predicted octanol–water partition coefficient (Wildman–Crippen LogP) is 2.25. The number of esters is 1. The third-order valence-electron chi connectivity index (χ3n) is 4.19. The van der Waals surface area contributed by atoms with E-state index >= 15 is 0 Å². The van der Waals surface area contributed by atoms with Crippen LogP contribution < -0.4 is 0 Å². The van der Waals surface area contributed by atoms with Crippen molar-refractivity contribution in [2.75, 3.05) is 26.3 Å². The summed E-state index contributed by atoms with van der Waals surface area (Å²) in [7, 11) is 0. The summed E-state index contributed by atoms with van der Waals surface area (Å²) in [6.07, 6.45) is 3.08. The van der Waals surface area contributed by atoms with E-state index in [0.717, 1.165) is 12.8 Å². The monoisotopic (exact) mass is 362 g/mol. The van der Waals surface area contributed by atoms with Gasteiger partial charge in [0.2, 0.25) is 11.7 Å². The maximum Gasteiger partial charge on any atom is 0.310 e. The van der Waals surface area contributed by atoms with Gasteiger partial charge in [-0.15, -0.1) is 0 Å². The number of likely N-dealkylation sites (tertiary alicyclic amines) is 1. The topological polar surface area (TPSA) is 95.0 Å². The zero-order valence-corrected chi connectivity index (χ0v) is 14.7. The predicted molar refractivity (Wildman–Crippen MR) is 89.8 cm³/mol. The molecule has 3 rings (SSSR count). The summed E-state index contributed by atoms with van der Waals surface area (Å²) in [4.78, 5) is 25.8. The molecule has 1 saturated heterocycles. The van der Waals surface area contributed by atoms with Gasteiger partial charge in [-0.1, -0.05) is 5.16 Å². The smallest absolute Gasteiger partial charge is 0.310 e. The summed E-state index contributed by atoms with van der Waals surface area (Å²) in [5.74, 6) is 0.457. The fourth-order valence-corrected chi connectivity index (χ4v) is 2.91. The molecule has 1 amide bonds. The first-order valence-electron chi connectivity index (χ1n) is 8.69. The van der Waals surface area contributed by atoms with Crippen molar-refractivity contribution in [3.05, 3.63) is 30.2 Å². The molecule has 0 spiro atoms. The van der Waals surface area contributed by atoms with Crippen molar-refractivity contribution in [3.8, 4) is 11.5 Å². The Balaban J connectivity index is 1.44. The van der Waals surface area contributed by atoms with E-state index in [4.69, 9.17) is 18.4 Å². The lowest BCUT2D eigenvalue weighted by molar-refractivity contribution is -0.152. The van der Waals surface area contributed by atoms with Gasteiger partial charge in [-0.2, -0.15) is 0 Å². The molecule has 1 fully saturated rings. The highest BCUT2D eigenvalue weighted by Crippen LogP contribution is 2.21. The number of rotatable bonds is 7. The van der Waals surface area contributed by atoms with Gasteiger partial charge in [0.05, 0.1) is 25.4 Å². The highest BCUT2D eigenvalue weighted by Gasteiger charge is 2.29. The average Bonchev–Trinajstić information content (AvgIpc) is 3.33. The molecule has 1 aliphatic rings. The van der Waals surface area contributed by atoms with Gasteiger partial charge in [0.1, 0.15) is 12.3 Å². The van der Waals surface area contributed by atoms with Crippen molar-refractivity contribution in [1.82, 2.24) is 10.1 Å².